The summed E-state index contributed by atoms with van der Waals surface area (Å²) in [6.45, 7) is 6.61. The molecule has 1 rings (SSSR count). The van der Waals surface area contributed by atoms with Crippen LogP contribution in [-0.2, 0) is 4.79 Å². The topological polar surface area (TPSA) is 66.8 Å². The molecule has 1 amide bonds. The lowest BCUT2D eigenvalue weighted by Crippen LogP contribution is -2.40. The molecular weight excluding hydrogens is 282 g/mol. The summed E-state index contributed by atoms with van der Waals surface area (Å²) < 4.78 is 5.49. The van der Waals surface area contributed by atoms with Gasteiger partial charge in [0, 0.05) is 13.1 Å². The lowest BCUT2D eigenvalue weighted by molar-refractivity contribution is -0.137. The molecule has 0 aliphatic carbocycles. The molecule has 6 heteroatoms. The van der Waals surface area contributed by atoms with Gasteiger partial charge >= 0.3 is 5.97 Å². The molecule has 0 saturated heterocycles. The molecule has 0 aliphatic heterocycles. The Hall–Kier alpha value is -1.75. The number of aromatic carboxylic acids is 1. The summed E-state index contributed by atoms with van der Waals surface area (Å²) >= 11 is 5.77. The van der Waals surface area contributed by atoms with Crippen LogP contribution in [0.15, 0.2) is 18.2 Å². The molecule has 1 aromatic rings. The largest absolute Gasteiger partial charge is 0.481 e. The van der Waals surface area contributed by atoms with Crippen molar-refractivity contribution in [3.05, 3.63) is 28.8 Å². The zero-order valence-corrected chi connectivity index (χ0v) is 12.5. The summed E-state index contributed by atoms with van der Waals surface area (Å²) in [6, 6.07) is 4.30. The van der Waals surface area contributed by atoms with Crippen LogP contribution in [-0.4, -0.2) is 41.1 Å². The highest BCUT2D eigenvalue weighted by molar-refractivity contribution is 6.33. The number of halogens is 1. The van der Waals surface area contributed by atoms with Crippen molar-refractivity contribution < 1.29 is 19.4 Å². The SMILES string of the molecule is CCN(CC)C(=O)C(C)Oc1ccc(Cl)c(C(=O)O)c1. The van der Waals surface area contributed by atoms with Gasteiger partial charge < -0.3 is 14.7 Å². The number of hydrogen-bond acceptors (Lipinski definition) is 3. The number of carboxylic acid groups (broad SMARTS) is 1. The summed E-state index contributed by atoms with van der Waals surface area (Å²) in [5.41, 5.74) is -0.0494. The maximum atomic E-state index is 12.1. The minimum absolute atomic E-state index is 0.0494. The number of nitrogens with zero attached hydrogens (tertiary/aromatic N) is 1. The van der Waals surface area contributed by atoms with E-state index in [0.717, 1.165) is 0 Å². The summed E-state index contributed by atoms with van der Waals surface area (Å²) in [4.78, 5) is 24.7. The maximum absolute atomic E-state index is 12.1. The molecular formula is C14H18ClNO4. The van der Waals surface area contributed by atoms with E-state index in [2.05, 4.69) is 0 Å². The van der Waals surface area contributed by atoms with Gasteiger partial charge in [0.15, 0.2) is 6.10 Å². The fourth-order valence-electron chi connectivity index (χ4n) is 1.79. The standard InChI is InChI=1S/C14H18ClNO4/c1-4-16(5-2)13(17)9(3)20-10-6-7-12(15)11(8-10)14(18)19/h6-9H,4-5H2,1-3H3,(H,18,19). The number of ether oxygens (including phenoxy) is 1. The maximum Gasteiger partial charge on any atom is 0.337 e. The number of rotatable bonds is 6. The van der Waals surface area contributed by atoms with Crippen LogP contribution in [0.5, 0.6) is 5.75 Å². The van der Waals surface area contributed by atoms with Crippen molar-refractivity contribution in [3.63, 3.8) is 0 Å². The molecule has 0 spiro atoms. The third-order valence-electron chi connectivity index (χ3n) is 2.90. The molecule has 0 heterocycles. The van der Waals surface area contributed by atoms with Crippen LogP contribution in [0.25, 0.3) is 0 Å². The number of likely N-dealkylation sites (N-methyl/N-ethyl adjacent to an activating group) is 1. The number of carbonyl (C=O) groups is 2. The summed E-state index contributed by atoms with van der Waals surface area (Å²) in [5.74, 6) is -0.968. The minimum atomic E-state index is -1.14. The smallest absolute Gasteiger partial charge is 0.337 e. The Balaban J connectivity index is 2.85. The van der Waals surface area contributed by atoms with Crippen molar-refractivity contribution in [1.82, 2.24) is 4.90 Å². The molecule has 1 N–H and O–H groups in total. The van der Waals surface area contributed by atoms with Crippen LogP contribution in [0.2, 0.25) is 5.02 Å². The third kappa shape index (κ3) is 3.87. The van der Waals surface area contributed by atoms with Crippen LogP contribution < -0.4 is 4.74 Å². The molecule has 0 aromatic heterocycles. The van der Waals surface area contributed by atoms with Crippen molar-refractivity contribution in [2.24, 2.45) is 0 Å². The van der Waals surface area contributed by atoms with Gasteiger partial charge in [-0.3, -0.25) is 4.79 Å². The zero-order chi connectivity index (χ0) is 15.3. The molecule has 1 atom stereocenters. The fraction of sp³-hybridized carbons (Fsp3) is 0.429. The van der Waals surface area contributed by atoms with Gasteiger partial charge in [0.25, 0.3) is 5.91 Å². The number of benzene rings is 1. The molecule has 0 aliphatic rings. The van der Waals surface area contributed by atoms with Crippen molar-refractivity contribution >= 4 is 23.5 Å². The van der Waals surface area contributed by atoms with Gasteiger partial charge in [-0.1, -0.05) is 11.6 Å². The Morgan fingerprint density at radius 1 is 1.35 bits per heavy atom. The lowest BCUT2D eigenvalue weighted by Gasteiger charge is -2.23. The molecule has 0 fully saturated rings. The second kappa shape index (κ2) is 7.14. The Bertz CT molecular complexity index is 500. The Labute approximate surface area is 123 Å². The quantitative estimate of drug-likeness (QED) is 0.877. The second-order valence-electron chi connectivity index (χ2n) is 4.22. The van der Waals surface area contributed by atoms with E-state index in [0.29, 0.717) is 18.8 Å². The van der Waals surface area contributed by atoms with E-state index in [4.69, 9.17) is 21.4 Å². The predicted molar refractivity (Wildman–Crippen MR) is 76.4 cm³/mol. The van der Waals surface area contributed by atoms with Crippen LogP contribution in [0, 0.1) is 0 Å². The van der Waals surface area contributed by atoms with Gasteiger partial charge in [0.1, 0.15) is 5.75 Å². The van der Waals surface area contributed by atoms with Gasteiger partial charge in [-0.05, 0) is 39.0 Å². The number of carbonyl (C=O) groups excluding carboxylic acids is 1. The van der Waals surface area contributed by atoms with E-state index in [-0.39, 0.29) is 16.5 Å². The Kier molecular flexibility index (Phi) is 5.82. The van der Waals surface area contributed by atoms with Gasteiger partial charge in [-0.15, -0.1) is 0 Å². The molecule has 0 bridgehead atoms. The molecule has 1 unspecified atom stereocenters. The van der Waals surface area contributed by atoms with E-state index >= 15 is 0 Å². The van der Waals surface area contributed by atoms with Crippen LogP contribution in [0.4, 0.5) is 0 Å². The van der Waals surface area contributed by atoms with Crippen molar-refractivity contribution in [1.29, 1.82) is 0 Å². The average Bonchev–Trinajstić information content (AvgIpc) is 2.41. The van der Waals surface area contributed by atoms with E-state index in [1.54, 1.807) is 17.9 Å². The first kappa shape index (κ1) is 16.3. The van der Waals surface area contributed by atoms with Crippen LogP contribution >= 0.6 is 11.6 Å². The molecule has 110 valence electrons. The van der Waals surface area contributed by atoms with Crippen molar-refractivity contribution in [2.45, 2.75) is 26.9 Å². The van der Waals surface area contributed by atoms with E-state index in [1.165, 1.54) is 12.1 Å². The van der Waals surface area contributed by atoms with Gasteiger partial charge in [0.2, 0.25) is 0 Å². The first-order chi connectivity index (χ1) is 9.40. The van der Waals surface area contributed by atoms with Crippen LogP contribution in [0.1, 0.15) is 31.1 Å². The lowest BCUT2D eigenvalue weighted by atomic mass is 10.2. The summed E-state index contributed by atoms with van der Waals surface area (Å²) in [7, 11) is 0. The number of carboxylic acids is 1. The molecule has 0 radical (unpaired) electrons. The Morgan fingerprint density at radius 3 is 2.45 bits per heavy atom. The van der Waals surface area contributed by atoms with E-state index in [9.17, 15) is 9.59 Å². The first-order valence-electron chi connectivity index (χ1n) is 6.38. The average molecular weight is 300 g/mol. The molecule has 5 nitrogen and oxygen atoms in total. The van der Waals surface area contributed by atoms with Gasteiger partial charge in [-0.25, -0.2) is 4.79 Å². The van der Waals surface area contributed by atoms with Crippen molar-refractivity contribution in [2.75, 3.05) is 13.1 Å². The number of amides is 1. The number of hydrogen-bond donors (Lipinski definition) is 1. The predicted octanol–water partition coefficient (Wildman–Crippen LogP) is 2.67. The molecule has 1 aromatic carbocycles. The molecule has 0 saturated carbocycles. The van der Waals surface area contributed by atoms with Gasteiger partial charge in [-0.2, -0.15) is 0 Å². The highest BCUT2D eigenvalue weighted by atomic mass is 35.5. The Morgan fingerprint density at radius 2 is 1.95 bits per heavy atom. The third-order valence-corrected chi connectivity index (χ3v) is 3.23. The van der Waals surface area contributed by atoms with Gasteiger partial charge in [0.05, 0.1) is 10.6 Å². The zero-order valence-electron chi connectivity index (χ0n) is 11.7. The fourth-order valence-corrected chi connectivity index (χ4v) is 1.99. The van der Waals surface area contributed by atoms with E-state index < -0.39 is 12.1 Å². The highest BCUT2D eigenvalue weighted by Gasteiger charge is 2.20. The first-order valence-corrected chi connectivity index (χ1v) is 6.76. The van der Waals surface area contributed by atoms with E-state index in [1.807, 2.05) is 13.8 Å². The summed E-state index contributed by atoms with van der Waals surface area (Å²) in [6.07, 6.45) is -0.683. The normalized spacial score (nSPS) is 11.8. The van der Waals surface area contributed by atoms with Crippen LogP contribution in [0.3, 0.4) is 0 Å². The summed E-state index contributed by atoms with van der Waals surface area (Å²) in [5, 5.41) is 9.11. The minimum Gasteiger partial charge on any atom is -0.481 e. The molecule has 20 heavy (non-hydrogen) atoms. The van der Waals surface area contributed by atoms with Crippen molar-refractivity contribution in [3.8, 4) is 5.75 Å². The monoisotopic (exact) mass is 299 g/mol. The second-order valence-corrected chi connectivity index (χ2v) is 4.62. The highest BCUT2D eigenvalue weighted by Crippen LogP contribution is 2.23.